The Morgan fingerprint density at radius 1 is 0.467 bits per heavy atom. The lowest BCUT2D eigenvalue weighted by molar-refractivity contribution is -0.137. The van der Waals surface area contributed by atoms with Gasteiger partial charge in [0.2, 0.25) is 0 Å². The van der Waals surface area contributed by atoms with Gasteiger partial charge in [0, 0.05) is 0 Å². The molecule has 0 radical (unpaired) electrons. The summed E-state index contributed by atoms with van der Waals surface area (Å²) in [6.45, 7) is 0. The molecule has 324 valence electrons. The third-order valence-electron chi connectivity index (χ3n) is 7.88. The van der Waals surface area contributed by atoms with E-state index in [4.69, 9.17) is 84.9 Å². The van der Waals surface area contributed by atoms with Crippen molar-refractivity contribution >= 4 is 94.1 Å². The number of hydrogen-bond acceptors (Lipinski definition) is 5. The minimum absolute atomic E-state index is 0. The second-order valence-corrected chi connectivity index (χ2v) is 16.9. The highest BCUT2D eigenvalue weighted by molar-refractivity contribution is 6.56. The number of halogens is 6. The van der Waals surface area contributed by atoms with Crippen molar-refractivity contribution in [3.63, 3.8) is 0 Å². The number of aromatic hydroxyl groups is 1. The molecule has 0 aliphatic heterocycles. The first-order chi connectivity index (χ1) is 28.1. The number of benzene rings is 5. The van der Waals surface area contributed by atoms with Gasteiger partial charge in [-0.1, -0.05) is 193 Å². The monoisotopic (exact) mass is 938 g/mol. The largest absolute Gasteiger partial charge is 0.508 e. The quantitative estimate of drug-likeness (QED) is 0.0664. The molecule has 7 nitrogen and oxygen atoms in total. The van der Waals surface area contributed by atoms with E-state index in [0.717, 1.165) is 22.3 Å². The van der Waals surface area contributed by atoms with Crippen LogP contribution in [0.15, 0.2) is 152 Å². The Balaban J connectivity index is 0.000000731. The van der Waals surface area contributed by atoms with Crippen molar-refractivity contribution in [2.24, 2.45) is 0 Å². The van der Waals surface area contributed by atoms with Crippen LogP contribution in [0.2, 0.25) is 0 Å². The van der Waals surface area contributed by atoms with Crippen molar-refractivity contribution in [1.29, 1.82) is 0 Å². The number of para-hydroxylation sites is 1. The maximum absolute atomic E-state index is 10.4. The standard InChI is InChI=1S/2C10H10Cl2O.2C10H11ClO2.C6H6O.CH4/c2*11-10(12,8-13)7-6-9-4-2-1-3-5-9;2*11-9(10(12)13)7-6-8-4-2-1-3-5-8;7-6-4-2-1-3-5-6;/h2*1-5,8H,6-7H2;2*1-5,9H,6-7H2,(H,12,13);1-5,7H;1H4/t;;2*9-;;/m..11../s1. The van der Waals surface area contributed by atoms with Crippen LogP contribution >= 0.6 is 69.6 Å². The zero-order valence-electron chi connectivity index (χ0n) is 32.1. The first-order valence-corrected chi connectivity index (χ1v) is 20.8. The maximum atomic E-state index is 10.4. The predicted octanol–water partition coefficient (Wildman–Crippen LogP) is 12.6. The number of carboxylic acids is 2. The van der Waals surface area contributed by atoms with Gasteiger partial charge in [0.05, 0.1) is 0 Å². The van der Waals surface area contributed by atoms with Gasteiger partial charge in [-0.2, -0.15) is 0 Å². The first kappa shape index (κ1) is 55.9. The zero-order chi connectivity index (χ0) is 43.9. The number of phenolic OH excluding ortho intramolecular Hbond substituents is 1. The molecule has 0 saturated heterocycles. The van der Waals surface area contributed by atoms with Gasteiger partial charge in [-0.3, -0.25) is 9.59 Å². The minimum Gasteiger partial charge on any atom is -0.508 e. The van der Waals surface area contributed by atoms with E-state index in [9.17, 15) is 19.2 Å². The molecule has 0 bridgehead atoms. The number of alkyl halides is 6. The Bertz CT molecular complexity index is 1730. The first-order valence-electron chi connectivity index (χ1n) is 18.4. The smallest absolute Gasteiger partial charge is 0.321 e. The van der Waals surface area contributed by atoms with Crippen LogP contribution in [-0.2, 0) is 44.9 Å². The van der Waals surface area contributed by atoms with Crippen LogP contribution in [0.25, 0.3) is 0 Å². The summed E-state index contributed by atoms with van der Waals surface area (Å²) in [6.07, 6.45) is 5.83. The molecule has 13 heteroatoms. The van der Waals surface area contributed by atoms with Crippen LogP contribution in [-0.4, -0.2) is 59.3 Å². The highest BCUT2D eigenvalue weighted by atomic mass is 35.5. The van der Waals surface area contributed by atoms with Crippen molar-refractivity contribution in [3.05, 3.63) is 174 Å². The number of carboxylic acid groups (broad SMARTS) is 2. The number of rotatable bonds is 16. The Hall–Kier alpha value is -4.08. The minimum atomic E-state index is -1.24. The molecule has 60 heavy (non-hydrogen) atoms. The van der Waals surface area contributed by atoms with Gasteiger partial charge >= 0.3 is 11.9 Å². The van der Waals surface area contributed by atoms with Gasteiger partial charge in [0.25, 0.3) is 0 Å². The third kappa shape index (κ3) is 29.2. The summed E-state index contributed by atoms with van der Waals surface area (Å²) in [5, 5.41) is 24.1. The van der Waals surface area contributed by atoms with E-state index in [1.54, 1.807) is 24.3 Å². The molecular formula is C47H52Cl6O7. The van der Waals surface area contributed by atoms with Crippen LogP contribution in [0, 0.1) is 0 Å². The van der Waals surface area contributed by atoms with Gasteiger partial charge in [0.1, 0.15) is 16.5 Å². The molecule has 0 heterocycles. The van der Waals surface area contributed by atoms with Gasteiger partial charge in [-0.05, 0) is 85.8 Å². The Morgan fingerprint density at radius 2 is 0.700 bits per heavy atom. The Labute approximate surface area is 384 Å². The molecule has 2 atom stereocenters. The van der Waals surface area contributed by atoms with Crippen molar-refractivity contribution in [3.8, 4) is 5.75 Å². The zero-order valence-corrected chi connectivity index (χ0v) is 36.7. The Morgan fingerprint density at radius 3 is 0.900 bits per heavy atom. The lowest BCUT2D eigenvalue weighted by Crippen LogP contribution is -2.15. The number of aryl methyl sites for hydroxylation is 4. The number of aldehydes is 2. The molecule has 0 unspecified atom stereocenters. The number of carbonyl (C=O) groups is 4. The highest BCUT2D eigenvalue weighted by Gasteiger charge is 2.23. The second-order valence-electron chi connectivity index (χ2n) is 12.7. The van der Waals surface area contributed by atoms with E-state index in [2.05, 4.69) is 0 Å². The van der Waals surface area contributed by atoms with E-state index < -0.39 is 31.4 Å². The molecule has 0 spiro atoms. The lowest BCUT2D eigenvalue weighted by Gasteiger charge is -2.10. The fourth-order valence-corrected chi connectivity index (χ4v) is 5.18. The average Bonchev–Trinajstić information content (AvgIpc) is 3.26. The molecule has 3 N–H and O–H groups in total. The summed E-state index contributed by atoms with van der Waals surface area (Å²) in [7, 11) is 0. The van der Waals surface area contributed by atoms with Crippen molar-refractivity contribution in [2.45, 2.75) is 78.2 Å². The third-order valence-corrected chi connectivity index (χ3v) is 9.80. The molecule has 0 saturated carbocycles. The molecule has 0 aliphatic carbocycles. The van der Waals surface area contributed by atoms with Gasteiger partial charge in [0.15, 0.2) is 21.2 Å². The molecule has 5 rings (SSSR count). The summed E-state index contributed by atoms with van der Waals surface area (Å²) in [6, 6.07) is 47.7. The normalized spacial score (nSPS) is 11.2. The average molecular weight is 942 g/mol. The summed E-state index contributed by atoms with van der Waals surface area (Å²) in [4.78, 5) is 41.5. The SMILES string of the molecule is C.O=C(O)[C@H](Cl)CCc1ccccc1.O=C(O)[C@H](Cl)CCc1ccccc1.O=CC(Cl)(Cl)CCc1ccccc1.O=CC(Cl)(Cl)CCc1ccccc1.Oc1ccccc1. The van der Waals surface area contributed by atoms with Gasteiger partial charge in [-0.15, -0.1) is 23.2 Å². The topological polar surface area (TPSA) is 129 Å². The fourth-order valence-electron chi connectivity index (χ4n) is 4.58. The molecule has 5 aromatic carbocycles. The van der Waals surface area contributed by atoms with E-state index >= 15 is 0 Å². The van der Waals surface area contributed by atoms with Crippen LogP contribution in [0.4, 0.5) is 0 Å². The van der Waals surface area contributed by atoms with Gasteiger partial charge in [-0.25, -0.2) is 0 Å². The molecule has 0 fully saturated rings. The molecule has 5 aromatic rings. The van der Waals surface area contributed by atoms with E-state index in [0.29, 0.717) is 69.7 Å². The second kappa shape index (κ2) is 32.7. The number of aliphatic carboxylic acids is 2. The van der Waals surface area contributed by atoms with Crippen LogP contribution in [0.3, 0.4) is 0 Å². The number of phenols is 1. The van der Waals surface area contributed by atoms with Crippen molar-refractivity contribution in [1.82, 2.24) is 0 Å². The predicted molar refractivity (Wildman–Crippen MR) is 249 cm³/mol. The molecule has 0 aromatic heterocycles. The van der Waals surface area contributed by atoms with Gasteiger partial charge < -0.3 is 24.9 Å². The Kier molecular flexibility index (Phi) is 30.4. The van der Waals surface area contributed by atoms with Crippen LogP contribution < -0.4 is 0 Å². The molecule has 0 aliphatic rings. The number of hydrogen-bond donors (Lipinski definition) is 3. The fraction of sp³-hybridized carbons (Fsp3) is 0.277. The van der Waals surface area contributed by atoms with E-state index in [1.807, 2.05) is 127 Å². The van der Waals surface area contributed by atoms with E-state index in [1.165, 1.54) is 0 Å². The van der Waals surface area contributed by atoms with Crippen LogP contribution in [0.1, 0.15) is 55.4 Å². The van der Waals surface area contributed by atoms with Crippen molar-refractivity contribution < 1.29 is 34.5 Å². The summed E-state index contributed by atoms with van der Waals surface area (Å²) < 4.78 is -2.48. The molecule has 0 amide bonds. The van der Waals surface area contributed by atoms with Crippen molar-refractivity contribution in [2.75, 3.05) is 0 Å². The maximum Gasteiger partial charge on any atom is 0.321 e. The number of carbonyl (C=O) groups excluding carboxylic acids is 2. The molecular weight excluding hydrogens is 889 g/mol. The highest BCUT2D eigenvalue weighted by Crippen LogP contribution is 2.25. The summed E-state index contributed by atoms with van der Waals surface area (Å²) >= 11 is 33.8. The summed E-state index contributed by atoms with van der Waals surface area (Å²) in [5.74, 6) is -1.57. The summed E-state index contributed by atoms with van der Waals surface area (Å²) in [5.41, 5.74) is 4.51. The lowest BCUT2D eigenvalue weighted by atomic mass is 10.1. The van der Waals surface area contributed by atoms with Crippen LogP contribution in [0.5, 0.6) is 5.75 Å². The van der Waals surface area contributed by atoms with E-state index in [-0.39, 0.29) is 7.43 Å².